The first-order valence-corrected chi connectivity index (χ1v) is 6.21. The number of para-hydroxylation sites is 1. The second-order valence-electron chi connectivity index (χ2n) is 3.82. The van der Waals surface area contributed by atoms with Crippen molar-refractivity contribution in [2.45, 2.75) is 0 Å². The van der Waals surface area contributed by atoms with Gasteiger partial charge in [-0.2, -0.15) is 0 Å². The van der Waals surface area contributed by atoms with Gasteiger partial charge in [0.25, 0.3) is 4.74 Å². The van der Waals surface area contributed by atoms with Gasteiger partial charge in [0.15, 0.2) is 0 Å². The van der Waals surface area contributed by atoms with Crippen LogP contribution in [0.2, 0.25) is 0 Å². The second kappa shape index (κ2) is 4.31. The third-order valence-corrected chi connectivity index (χ3v) is 3.56. The van der Waals surface area contributed by atoms with E-state index in [1.54, 1.807) is 12.1 Å². The fourth-order valence-corrected chi connectivity index (χ4v) is 2.57. The molecule has 0 atom stereocenters. The molecule has 3 aromatic rings. The molecule has 0 unspecified atom stereocenters. The highest BCUT2D eigenvalue weighted by molar-refractivity contribution is 7.16. The average Bonchev–Trinajstić information content (AvgIpc) is 2.39. The molecule has 0 N–H and O–H groups in total. The van der Waals surface area contributed by atoms with Crippen molar-refractivity contribution in [1.29, 1.82) is 0 Å². The Morgan fingerprint density at radius 2 is 1.72 bits per heavy atom. The monoisotopic (exact) mass is 257 g/mol. The summed E-state index contributed by atoms with van der Waals surface area (Å²) in [4.78, 5) is 16.3. The number of nitrogens with zero attached hydrogens (tertiary/aromatic N) is 1. The Morgan fingerprint density at radius 3 is 2.50 bits per heavy atom. The molecule has 0 aliphatic carbocycles. The molecule has 0 amide bonds. The Morgan fingerprint density at radius 1 is 1.00 bits per heavy atom. The van der Waals surface area contributed by atoms with Gasteiger partial charge in [-0.15, -0.1) is 0 Å². The zero-order valence-corrected chi connectivity index (χ0v) is 10.1. The molecule has 0 fully saturated rings. The number of benzene rings is 2. The summed E-state index contributed by atoms with van der Waals surface area (Å²) in [5, 5.41) is 0. The number of rotatable bonds is 1. The molecule has 18 heavy (non-hydrogen) atoms. The summed E-state index contributed by atoms with van der Waals surface area (Å²) in [5.74, 6) is -0.323. The quantitative estimate of drug-likeness (QED) is 0.668. The fraction of sp³-hybridized carbons (Fsp3) is 0. The van der Waals surface area contributed by atoms with Gasteiger partial charge in [-0.3, -0.25) is 4.79 Å². The minimum atomic E-state index is -0.323. The summed E-state index contributed by atoms with van der Waals surface area (Å²) in [6.07, 6.45) is 0. The van der Waals surface area contributed by atoms with Crippen LogP contribution >= 0.6 is 11.3 Å². The highest BCUT2D eigenvalue weighted by Gasteiger charge is 2.07. The largest absolute Gasteiger partial charge is 0.275 e. The van der Waals surface area contributed by atoms with E-state index in [0.29, 0.717) is 11.3 Å². The van der Waals surface area contributed by atoms with Crippen molar-refractivity contribution in [3.63, 3.8) is 0 Å². The van der Waals surface area contributed by atoms with Crippen LogP contribution in [0.4, 0.5) is 4.39 Å². The molecule has 0 bridgehead atoms. The van der Waals surface area contributed by atoms with Gasteiger partial charge in [0.1, 0.15) is 11.5 Å². The maximum atomic E-state index is 12.9. The molecule has 88 valence electrons. The molecule has 0 aliphatic rings. The number of halogens is 1. The first kappa shape index (κ1) is 11.0. The van der Waals surface area contributed by atoms with Crippen molar-refractivity contribution >= 4 is 21.6 Å². The van der Waals surface area contributed by atoms with Crippen LogP contribution in [0, 0.1) is 5.82 Å². The maximum absolute atomic E-state index is 12.9. The molecule has 1 heterocycles. The lowest BCUT2D eigenvalue weighted by atomic mass is 10.2. The van der Waals surface area contributed by atoms with E-state index in [4.69, 9.17) is 0 Å². The average molecular weight is 257 g/mol. The number of aromatic nitrogens is 1. The Hall–Kier alpha value is -2.07. The third kappa shape index (κ3) is 1.91. The highest BCUT2D eigenvalue weighted by atomic mass is 32.1. The summed E-state index contributed by atoms with van der Waals surface area (Å²) in [6.45, 7) is 0. The SMILES string of the molecule is O=c1sc2ccccc2nc1-c1ccc(F)cc1. The summed E-state index contributed by atoms with van der Waals surface area (Å²) in [6, 6.07) is 13.3. The lowest BCUT2D eigenvalue weighted by Gasteiger charge is -2.01. The predicted octanol–water partition coefficient (Wildman–Crippen LogP) is 3.46. The Labute approximate surface area is 106 Å². The maximum Gasteiger partial charge on any atom is 0.259 e. The molecule has 3 rings (SSSR count). The van der Waals surface area contributed by atoms with Crippen LogP contribution < -0.4 is 4.74 Å². The van der Waals surface area contributed by atoms with Crippen molar-refractivity contribution in [3.05, 3.63) is 63.9 Å². The minimum Gasteiger partial charge on any atom is -0.275 e. The van der Waals surface area contributed by atoms with E-state index >= 15 is 0 Å². The van der Waals surface area contributed by atoms with Crippen molar-refractivity contribution in [3.8, 4) is 11.3 Å². The van der Waals surface area contributed by atoms with Gasteiger partial charge < -0.3 is 0 Å². The van der Waals surface area contributed by atoms with Crippen molar-refractivity contribution in [1.82, 2.24) is 4.98 Å². The van der Waals surface area contributed by atoms with Crippen LogP contribution in [0.5, 0.6) is 0 Å². The standard InChI is InChI=1S/C14H8FNOS/c15-10-7-5-9(6-8-10)13-14(17)18-12-4-2-1-3-11(12)16-13/h1-8H. The van der Waals surface area contributed by atoms with Crippen LogP contribution in [-0.2, 0) is 0 Å². The Balaban J connectivity index is 2.26. The molecule has 2 nitrogen and oxygen atoms in total. The third-order valence-electron chi connectivity index (χ3n) is 2.61. The van der Waals surface area contributed by atoms with E-state index in [-0.39, 0.29) is 10.6 Å². The van der Waals surface area contributed by atoms with Crippen molar-refractivity contribution < 1.29 is 4.39 Å². The van der Waals surface area contributed by atoms with Crippen molar-refractivity contribution in [2.75, 3.05) is 0 Å². The lowest BCUT2D eigenvalue weighted by molar-refractivity contribution is 0.628. The Kier molecular flexibility index (Phi) is 2.64. The van der Waals surface area contributed by atoms with Crippen molar-refractivity contribution in [2.24, 2.45) is 0 Å². The summed E-state index contributed by atoms with van der Waals surface area (Å²) < 4.78 is 13.6. The highest BCUT2D eigenvalue weighted by Crippen LogP contribution is 2.20. The molecular formula is C14H8FNOS. The molecule has 1 aromatic heterocycles. The smallest absolute Gasteiger partial charge is 0.259 e. The molecule has 0 saturated carbocycles. The summed E-state index contributed by atoms with van der Waals surface area (Å²) >= 11 is 1.16. The molecule has 0 saturated heterocycles. The van der Waals surface area contributed by atoms with Crippen LogP contribution in [0.3, 0.4) is 0 Å². The van der Waals surface area contributed by atoms with Gasteiger partial charge in [-0.25, -0.2) is 9.37 Å². The predicted molar refractivity (Wildman–Crippen MR) is 71.3 cm³/mol. The van der Waals surface area contributed by atoms with Gasteiger partial charge >= 0.3 is 0 Å². The molecule has 0 aliphatic heterocycles. The first-order chi connectivity index (χ1) is 8.74. The van der Waals surface area contributed by atoms with Gasteiger partial charge in [-0.1, -0.05) is 23.5 Å². The molecule has 0 spiro atoms. The second-order valence-corrected chi connectivity index (χ2v) is 4.84. The normalized spacial score (nSPS) is 10.7. The summed E-state index contributed by atoms with van der Waals surface area (Å²) in [5.41, 5.74) is 1.79. The van der Waals surface area contributed by atoms with E-state index < -0.39 is 0 Å². The number of hydrogen-bond donors (Lipinski definition) is 0. The number of hydrogen-bond acceptors (Lipinski definition) is 3. The van der Waals surface area contributed by atoms with Gasteiger partial charge in [-0.05, 0) is 36.4 Å². The zero-order valence-electron chi connectivity index (χ0n) is 9.26. The van der Waals surface area contributed by atoms with E-state index in [2.05, 4.69) is 4.98 Å². The van der Waals surface area contributed by atoms with E-state index in [1.165, 1.54) is 12.1 Å². The molecule has 0 radical (unpaired) electrons. The minimum absolute atomic E-state index is 0.111. The van der Waals surface area contributed by atoms with E-state index in [9.17, 15) is 9.18 Å². The van der Waals surface area contributed by atoms with Crippen LogP contribution in [0.25, 0.3) is 21.5 Å². The fourth-order valence-electron chi connectivity index (χ4n) is 1.74. The van der Waals surface area contributed by atoms with Crippen LogP contribution in [0.15, 0.2) is 53.3 Å². The first-order valence-electron chi connectivity index (χ1n) is 5.40. The van der Waals surface area contributed by atoms with Gasteiger partial charge in [0.2, 0.25) is 0 Å². The zero-order chi connectivity index (χ0) is 12.5. The number of fused-ring (bicyclic) bond motifs is 1. The summed E-state index contributed by atoms with van der Waals surface area (Å²) in [7, 11) is 0. The van der Waals surface area contributed by atoms with Crippen LogP contribution in [0.1, 0.15) is 0 Å². The molecule has 4 heteroatoms. The van der Waals surface area contributed by atoms with Gasteiger partial charge in [0.05, 0.1) is 10.2 Å². The van der Waals surface area contributed by atoms with E-state index in [1.807, 2.05) is 24.3 Å². The topological polar surface area (TPSA) is 30.0 Å². The Bertz CT molecular complexity index is 765. The van der Waals surface area contributed by atoms with Crippen LogP contribution in [-0.4, -0.2) is 4.98 Å². The molecular weight excluding hydrogens is 249 g/mol. The molecule has 2 aromatic carbocycles. The van der Waals surface area contributed by atoms with Gasteiger partial charge in [0, 0.05) is 5.56 Å². The lowest BCUT2D eigenvalue weighted by Crippen LogP contribution is -2.02. The van der Waals surface area contributed by atoms with E-state index in [0.717, 1.165) is 21.6 Å².